The molecule has 7 unspecified atom stereocenters. The largest absolute Gasteiger partial charge is 0.392 e. The number of hydrogen-bond donors (Lipinski definition) is 2. The Hall–Kier alpha value is -0.580. The van der Waals surface area contributed by atoms with Gasteiger partial charge >= 0.3 is 6.18 Å². The minimum atomic E-state index is -4.27. The van der Waals surface area contributed by atoms with Crippen LogP contribution in [0.5, 0.6) is 0 Å². The number of alkyl halides is 4. The maximum absolute atomic E-state index is 14.7. The summed E-state index contributed by atoms with van der Waals surface area (Å²) in [5.41, 5.74) is 6.37. The normalized spacial score (nSPS) is 41.9. The summed E-state index contributed by atoms with van der Waals surface area (Å²) in [5.74, 6) is -2.70. The zero-order valence-electron chi connectivity index (χ0n) is 17.5. The summed E-state index contributed by atoms with van der Waals surface area (Å²) >= 11 is 1.73. The van der Waals surface area contributed by atoms with Gasteiger partial charge in [-0.3, -0.25) is 9.69 Å². The zero-order chi connectivity index (χ0) is 21.6. The fourth-order valence-electron chi connectivity index (χ4n) is 5.90. The zero-order valence-corrected chi connectivity index (χ0v) is 18.3. The summed E-state index contributed by atoms with van der Waals surface area (Å²) in [4.78, 5) is 16.8. The van der Waals surface area contributed by atoms with Crippen LogP contribution in [-0.4, -0.2) is 65.1 Å². The van der Waals surface area contributed by atoms with E-state index in [0.29, 0.717) is 25.7 Å². The average Bonchev–Trinajstić information content (AvgIpc) is 3.23. The van der Waals surface area contributed by atoms with Crippen molar-refractivity contribution in [3.8, 4) is 0 Å². The quantitative estimate of drug-likeness (QED) is 0.641. The van der Waals surface area contributed by atoms with E-state index in [0.717, 1.165) is 6.67 Å². The third-order valence-electron chi connectivity index (χ3n) is 7.56. The average molecular weight is 453 g/mol. The fourth-order valence-corrected chi connectivity index (χ4v) is 7.18. The number of nitrogens with one attached hydrogen (secondary N) is 2. The van der Waals surface area contributed by atoms with Crippen LogP contribution in [-0.2, 0) is 4.79 Å². The molecule has 8 atom stereocenters. The first-order valence-corrected chi connectivity index (χ1v) is 11.9. The van der Waals surface area contributed by atoms with Gasteiger partial charge in [-0.15, -0.1) is 11.8 Å². The maximum Gasteiger partial charge on any atom is 0.392 e. The number of thioether (sulfide) groups is 1. The molecule has 2 N–H and O–H groups in total. The van der Waals surface area contributed by atoms with Gasteiger partial charge in [-0.05, 0) is 51.0 Å². The predicted octanol–water partition coefficient (Wildman–Crippen LogP) is 3.33. The summed E-state index contributed by atoms with van der Waals surface area (Å²) in [5, 5.41) is 0.175. The Morgan fingerprint density at radius 3 is 2.63 bits per heavy atom. The molecule has 2 heterocycles. The topological polar surface area (TPSA) is 47.6 Å². The molecule has 1 amide bonds. The second kappa shape index (κ2) is 8.75. The highest BCUT2D eigenvalue weighted by Gasteiger charge is 2.56. The van der Waals surface area contributed by atoms with E-state index < -0.39 is 30.1 Å². The van der Waals surface area contributed by atoms with E-state index in [1.54, 1.807) is 16.7 Å². The number of amides is 1. The molecule has 172 valence electrons. The highest BCUT2D eigenvalue weighted by molar-refractivity contribution is 8.00. The van der Waals surface area contributed by atoms with Gasteiger partial charge in [-0.25, -0.2) is 15.2 Å². The van der Waals surface area contributed by atoms with Gasteiger partial charge in [0.05, 0.1) is 12.6 Å². The van der Waals surface area contributed by atoms with Gasteiger partial charge < -0.3 is 4.90 Å². The molecule has 2 saturated heterocycles. The lowest BCUT2D eigenvalue weighted by Gasteiger charge is -2.40. The number of hydrazine groups is 1. The van der Waals surface area contributed by atoms with Crippen molar-refractivity contribution in [1.82, 2.24) is 20.7 Å². The van der Waals surface area contributed by atoms with Crippen LogP contribution in [0.25, 0.3) is 0 Å². The molecule has 2 aliphatic carbocycles. The Labute approximate surface area is 179 Å². The van der Waals surface area contributed by atoms with Crippen molar-refractivity contribution in [2.45, 2.75) is 74.6 Å². The monoisotopic (exact) mass is 452 g/mol. The van der Waals surface area contributed by atoms with Crippen molar-refractivity contribution in [2.75, 3.05) is 20.3 Å². The standard InChI is InChI=1S/C20H32F4N4OS/c1-11(30-19-26-25-10-27(19)2)12-6-13(21)8-14(7-12)28-9-16-15(18(28)29)4-3-5-17(16)20(22,23)24/h11-17,19,25-26H,3-10H2,1-2H3/t11-,12?,13?,14?,15?,16?,17?,19?/m1/s1. The molecular weight excluding hydrogens is 420 g/mol. The molecule has 0 aromatic rings. The van der Waals surface area contributed by atoms with Crippen molar-refractivity contribution < 1.29 is 22.4 Å². The highest BCUT2D eigenvalue weighted by atomic mass is 32.2. The van der Waals surface area contributed by atoms with Crippen molar-refractivity contribution in [1.29, 1.82) is 0 Å². The minimum absolute atomic E-state index is 0.0911. The Morgan fingerprint density at radius 2 is 1.97 bits per heavy atom. The van der Waals surface area contributed by atoms with E-state index in [2.05, 4.69) is 22.7 Å². The molecule has 0 aromatic heterocycles. The molecule has 0 aromatic carbocycles. The molecule has 4 fully saturated rings. The molecule has 0 radical (unpaired) electrons. The molecule has 0 bridgehead atoms. The molecule has 10 heteroatoms. The Balaban J connectivity index is 1.43. The SMILES string of the molecule is C[C@@H](SC1NNCN1C)C1CC(F)CC(N2CC3C(CCCC3C(F)(F)F)C2=O)C1. The van der Waals surface area contributed by atoms with Crippen LogP contribution in [0.4, 0.5) is 17.6 Å². The van der Waals surface area contributed by atoms with Crippen LogP contribution in [0.3, 0.4) is 0 Å². The van der Waals surface area contributed by atoms with E-state index in [4.69, 9.17) is 0 Å². The number of rotatable bonds is 4. The number of halogens is 4. The first-order chi connectivity index (χ1) is 14.1. The van der Waals surface area contributed by atoms with Gasteiger partial charge in [-0.2, -0.15) is 13.2 Å². The number of likely N-dealkylation sites (tertiary alicyclic amines) is 1. The van der Waals surface area contributed by atoms with Gasteiger partial charge in [0.15, 0.2) is 0 Å². The van der Waals surface area contributed by atoms with E-state index in [9.17, 15) is 22.4 Å². The van der Waals surface area contributed by atoms with Gasteiger partial charge in [0, 0.05) is 23.8 Å². The lowest BCUT2D eigenvalue weighted by atomic mass is 9.73. The van der Waals surface area contributed by atoms with E-state index >= 15 is 0 Å². The Morgan fingerprint density at radius 1 is 1.20 bits per heavy atom. The third-order valence-corrected chi connectivity index (χ3v) is 9.11. The van der Waals surface area contributed by atoms with E-state index in [1.807, 2.05) is 7.05 Å². The van der Waals surface area contributed by atoms with E-state index in [1.165, 1.54) is 0 Å². The van der Waals surface area contributed by atoms with E-state index in [-0.39, 0.29) is 48.0 Å². The Bertz CT molecular complexity index is 638. The first kappa shape index (κ1) is 22.6. The number of nitrogens with zero attached hydrogens (tertiary/aromatic N) is 2. The summed E-state index contributed by atoms with van der Waals surface area (Å²) in [6.45, 7) is 2.95. The smallest absolute Gasteiger partial charge is 0.339 e. The number of carbonyl (C=O) groups excluding carboxylic acids is 1. The van der Waals surface area contributed by atoms with Gasteiger partial charge in [-0.1, -0.05) is 13.3 Å². The lowest BCUT2D eigenvalue weighted by molar-refractivity contribution is -0.198. The second-order valence-corrected chi connectivity index (χ2v) is 11.0. The molecule has 4 aliphatic rings. The molecule has 0 spiro atoms. The number of carbonyl (C=O) groups is 1. The van der Waals surface area contributed by atoms with Gasteiger partial charge in [0.2, 0.25) is 5.91 Å². The van der Waals surface area contributed by atoms with Crippen LogP contribution < -0.4 is 10.9 Å². The molecule has 4 rings (SSSR count). The van der Waals surface area contributed by atoms with Crippen molar-refractivity contribution in [3.63, 3.8) is 0 Å². The summed E-state index contributed by atoms with van der Waals surface area (Å²) in [7, 11) is 2.00. The molecule has 2 aliphatic heterocycles. The summed E-state index contributed by atoms with van der Waals surface area (Å²) < 4.78 is 55.3. The Kier molecular flexibility index (Phi) is 6.59. The molecule has 5 nitrogen and oxygen atoms in total. The van der Waals surface area contributed by atoms with Crippen molar-refractivity contribution in [3.05, 3.63) is 0 Å². The first-order valence-electron chi connectivity index (χ1n) is 11.0. The van der Waals surface area contributed by atoms with Crippen LogP contribution in [0.1, 0.15) is 45.4 Å². The lowest BCUT2D eigenvalue weighted by Crippen LogP contribution is -2.45. The summed E-state index contributed by atoms with van der Waals surface area (Å²) in [6.07, 6.45) is -2.84. The van der Waals surface area contributed by atoms with Crippen LogP contribution in [0.15, 0.2) is 0 Å². The number of hydrogen-bond acceptors (Lipinski definition) is 5. The fraction of sp³-hybridized carbons (Fsp3) is 0.950. The van der Waals surface area contributed by atoms with Crippen LogP contribution in [0, 0.1) is 23.7 Å². The van der Waals surface area contributed by atoms with Crippen LogP contribution >= 0.6 is 11.8 Å². The van der Waals surface area contributed by atoms with Gasteiger partial charge in [0.25, 0.3) is 0 Å². The van der Waals surface area contributed by atoms with Crippen LogP contribution in [0.2, 0.25) is 0 Å². The molecule has 30 heavy (non-hydrogen) atoms. The molecule has 2 saturated carbocycles. The number of fused-ring (bicyclic) bond motifs is 1. The van der Waals surface area contributed by atoms with Crippen molar-refractivity contribution in [2.24, 2.45) is 23.7 Å². The maximum atomic E-state index is 14.7. The summed E-state index contributed by atoms with van der Waals surface area (Å²) in [6, 6.07) is -0.291. The molecular formula is C20H32F4N4OS. The minimum Gasteiger partial charge on any atom is -0.339 e. The second-order valence-electron chi connectivity index (χ2n) is 9.49. The highest BCUT2D eigenvalue weighted by Crippen LogP contribution is 2.49. The third kappa shape index (κ3) is 4.47. The van der Waals surface area contributed by atoms with Crippen molar-refractivity contribution >= 4 is 17.7 Å². The predicted molar refractivity (Wildman–Crippen MR) is 108 cm³/mol. The van der Waals surface area contributed by atoms with Gasteiger partial charge in [0.1, 0.15) is 11.7 Å².